The van der Waals surface area contributed by atoms with Crippen molar-refractivity contribution in [3.8, 4) is 22.6 Å². The average molecular weight is 586 g/mol. The quantitative estimate of drug-likeness (QED) is 0.266. The number of pyridine rings is 1. The van der Waals surface area contributed by atoms with E-state index in [-0.39, 0.29) is 19.1 Å². The van der Waals surface area contributed by atoms with Gasteiger partial charge in [-0.15, -0.1) is 0 Å². The average Bonchev–Trinajstić information content (AvgIpc) is 3.00. The van der Waals surface area contributed by atoms with Gasteiger partial charge in [0.15, 0.2) is 0 Å². The first-order chi connectivity index (χ1) is 20.4. The Bertz CT molecular complexity index is 1580. The molecule has 0 saturated heterocycles. The van der Waals surface area contributed by atoms with Gasteiger partial charge in [0.1, 0.15) is 30.8 Å². The van der Waals surface area contributed by atoms with Crippen LogP contribution in [0.1, 0.15) is 45.5 Å². The summed E-state index contributed by atoms with van der Waals surface area (Å²) in [5, 5.41) is 16.0. The molecule has 9 heteroatoms. The molecule has 1 atom stereocenters. The van der Waals surface area contributed by atoms with Gasteiger partial charge in [0.05, 0.1) is 10.6 Å². The number of aromatic nitrogens is 1. The Morgan fingerprint density at radius 1 is 1.10 bits per heavy atom. The molecule has 0 aliphatic carbocycles. The molecular weight excluding hydrogens is 554 g/mol. The second-order valence-electron chi connectivity index (χ2n) is 10.2. The molecule has 0 spiro atoms. The number of nitrogens with one attached hydrogen (secondary N) is 2. The summed E-state index contributed by atoms with van der Waals surface area (Å²) in [4.78, 5) is 28.7. The molecule has 2 heterocycles. The van der Waals surface area contributed by atoms with Gasteiger partial charge < -0.3 is 25.2 Å². The van der Waals surface area contributed by atoms with E-state index in [0.29, 0.717) is 59.2 Å². The van der Waals surface area contributed by atoms with Gasteiger partial charge in [0.2, 0.25) is 0 Å². The first-order valence-corrected chi connectivity index (χ1v) is 14.2. The van der Waals surface area contributed by atoms with E-state index >= 15 is 0 Å². The Kier molecular flexibility index (Phi) is 9.36. The zero-order valence-electron chi connectivity index (χ0n) is 23.2. The second kappa shape index (κ2) is 13.5. The maximum atomic E-state index is 12.6. The fourth-order valence-corrected chi connectivity index (χ4v) is 5.13. The largest absolute Gasteiger partial charge is 0.488 e. The lowest BCUT2D eigenvalue weighted by molar-refractivity contribution is -0.139. The summed E-state index contributed by atoms with van der Waals surface area (Å²) in [7, 11) is 0. The van der Waals surface area contributed by atoms with E-state index in [1.807, 2.05) is 30.3 Å². The lowest BCUT2D eigenvalue weighted by atomic mass is 9.97. The van der Waals surface area contributed by atoms with Crippen LogP contribution < -0.4 is 20.1 Å². The number of nitrogens with zero attached hydrogens (tertiary/aromatic N) is 1. The van der Waals surface area contributed by atoms with Crippen LogP contribution in [0.5, 0.6) is 11.5 Å². The Morgan fingerprint density at radius 3 is 2.74 bits per heavy atom. The third kappa shape index (κ3) is 7.08. The highest BCUT2D eigenvalue weighted by Crippen LogP contribution is 2.35. The van der Waals surface area contributed by atoms with Gasteiger partial charge in [-0.3, -0.25) is 14.6 Å². The topological polar surface area (TPSA) is 110 Å². The maximum Gasteiger partial charge on any atom is 0.320 e. The summed E-state index contributed by atoms with van der Waals surface area (Å²) in [6, 6.07) is 20.7. The number of ether oxygens (including phenoxy) is 2. The highest BCUT2D eigenvalue weighted by atomic mass is 35.5. The Hall–Kier alpha value is -4.40. The molecule has 1 aliphatic heterocycles. The van der Waals surface area contributed by atoms with Crippen molar-refractivity contribution < 1.29 is 24.2 Å². The molecule has 1 aromatic heterocycles. The SMILES string of the molecule is Cc1c(COc2cc3c(cc2Cl)CN[C@H](C(=O)O)CCCNC(=O)c2cncc(c2)CO3)cccc1-c1ccccc1. The molecule has 5 rings (SSSR count). The predicted molar refractivity (Wildman–Crippen MR) is 161 cm³/mol. The molecule has 42 heavy (non-hydrogen) atoms. The van der Waals surface area contributed by atoms with E-state index < -0.39 is 12.0 Å². The Balaban J connectivity index is 1.41. The first-order valence-electron chi connectivity index (χ1n) is 13.8. The molecule has 2 bridgehead atoms. The van der Waals surface area contributed by atoms with E-state index in [0.717, 1.165) is 22.3 Å². The van der Waals surface area contributed by atoms with Gasteiger partial charge in [0, 0.05) is 42.7 Å². The summed E-state index contributed by atoms with van der Waals surface area (Å²) in [6.45, 7) is 3.08. The van der Waals surface area contributed by atoms with Crippen molar-refractivity contribution in [3.63, 3.8) is 0 Å². The Labute approximate surface area is 249 Å². The molecule has 3 aromatic carbocycles. The zero-order valence-corrected chi connectivity index (χ0v) is 24.0. The van der Waals surface area contributed by atoms with Crippen molar-refractivity contribution in [3.05, 3.63) is 112 Å². The van der Waals surface area contributed by atoms with Crippen molar-refractivity contribution in [2.45, 2.75) is 45.6 Å². The van der Waals surface area contributed by atoms with Crippen LogP contribution in [0.4, 0.5) is 0 Å². The normalized spacial score (nSPS) is 15.8. The van der Waals surface area contributed by atoms with Gasteiger partial charge in [-0.1, -0.05) is 60.1 Å². The van der Waals surface area contributed by atoms with Crippen LogP contribution in [0.15, 0.2) is 79.1 Å². The highest BCUT2D eigenvalue weighted by molar-refractivity contribution is 6.32. The van der Waals surface area contributed by atoms with E-state index in [1.165, 1.54) is 6.20 Å². The van der Waals surface area contributed by atoms with Gasteiger partial charge in [-0.25, -0.2) is 0 Å². The standard InChI is InChI=1S/C33H32ClN3O5/c1-21-24(9-5-10-27(21)23-7-3-2-4-8-23)20-42-31-15-30-25(14-28(31)34)18-37-29(33(39)40)11-6-12-36-32(38)26-13-22(19-41-30)16-35-17-26/h2-5,7-10,13-17,29,37H,6,11-12,18-20H2,1H3,(H,36,38)(H,39,40)/t29-/m0/s1. The number of amides is 1. The number of carbonyl (C=O) groups excluding carboxylic acids is 1. The molecule has 3 N–H and O–H groups in total. The summed E-state index contributed by atoms with van der Waals surface area (Å²) >= 11 is 6.68. The molecular formula is C33H32ClN3O5. The number of carboxylic acid groups (broad SMARTS) is 1. The second-order valence-corrected chi connectivity index (χ2v) is 10.6. The highest BCUT2D eigenvalue weighted by Gasteiger charge is 2.20. The number of hydrogen-bond acceptors (Lipinski definition) is 6. The fourth-order valence-electron chi connectivity index (χ4n) is 4.89. The van der Waals surface area contributed by atoms with Gasteiger partial charge in [0.25, 0.3) is 5.91 Å². The lowest BCUT2D eigenvalue weighted by Gasteiger charge is -2.19. The maximum absolute atomic E-state index is 12.6. The number of carbonyl (C=O) groups is 2. The van der Waals surface area contributed by atoms with E-state index in [9.17, 15) is 14.7 Å². The van der Waals surface area contributed by atoms with Gasteiger partial charge in [-0.05, 0) is 54.2 Å². The van der Waals surface area contributed by atoms with E-state index in [4.69, 9.17) is 21.1 Å². The first kappa shape index (κ1) is 29.1. The predicted octanol–water partition coefficient (Wildman–Crippen LogP) is 5.93. The summed E-state index contributed by atoms with van der Waals surface area (Å²) in [5.74, 6) is -0.305. The summed E-state index contributed by atoms with van der Waals surface area (Å²) in [6.07, 6.45) is 3.96. The van der Waals surface area contributed by atoms with Crippen LogP contribution in [-0.2, 0) is 24.6 Å². The third-order valence-corrected chi connectivity index (χ3v) is 7.57. The van der Waals surface area contributed by atoms with Crippen molar-refractivity contribution >= 4 is 23.5 Å². The van der Waals surface area contributed by atoms with Crippen molar-refractivity contribution in [2.75, 3.05) is 6.54 Å². The number of carboxylic acids is 1. The minimum Gasteiger partial charge on any atom is -0.488 e. The molecule has 1 amide bonds. The van der Waals surface area contributed by atoms with Crippen LogP contribution in [0.25, 0.3) is 11.1 Å². The molecule has 0 radical (unpaired) electrons. The zero-order chi connectivity index (χ0) is 29.5. The van der Waals surface area contributed by atoms with Crippen molar-refractivity contribution in [1.82, 2.24) is 15.6 Å². The molecule has 216 valence electrons. The van der Waals surface area contributed by atoms with Crippen LogP contribution in [0, 0.1) is 6.92 Å². The number of benzene rings is 3. The molecule has 1 aliphatic rings. The molecule has 0 saturated carbocycles. The van der Waals surface area contributed by atoms with Crippen LogP contribution in [0.2, 0.25) is 5.02 Å². The molecule has 4 aromatic rings. The third-order valence-electron chi connectivity index (χ3n) is 7.27. The number of hydrogen-bond donors (Lipinski definition) is 3. The number of aliphatic carboxylic acids is 1. The molecule has 0 fully saturated rings. The van der Waals surface area contributed by atoms with Crippen LogP contribution >= 0.6 is 11.6 Å². The number of halogens is 1. The minimum absolute atomic E-state index is 0.142. The monoisotopic (exact) mass is 585 g/mol. The van der Waals surface area contributed by atoms with Gasteiger partial charge in [-0.2, -0.15) is 0 Å². The van der Waals surface area contributed by atoms with E-state index in [2.05, 4.69) is 40.7 Å². The van der Waals surface area contributed by atoms with Gasteiger partial charge >= 0.3 is 5.97 Å². The summed E-state index contributed by atoms with van der Waals surface area (Å²) in [5.41, 5.74) is 6.22. The lowest BCUT2D eigenvalue weighted by Crippen LogP contribution is -2.37. The minimum atomic E-state index is -0.969. The van der Waals surface area contributed by atoms with E-state index in [1.54, 1.807) is 24.4 Å². The number of rotatable bonds is 5. The summed E-state index contributed by atoms with van der Waals surface area (Å²) < 4.78 is 12.4. The fraction of sp³-hybridized carbons (Fsp3) is 0.242. The molecule has 8 nitrogen and oxygen atoms in total. The van der Waals surface area contributed by atoms with Crippen molar-refractivity contribution in [1.29, 1.82) is 0 Å². The number of fused-ring (bicyclic) bond motifs is 3. The molecule has 0 unspecified atom stereocenters. The van der Waals surface area contributed by atoms with Crippen molar-refractivity contribution in [2.24, 2.45) is 0 Å². The smallest absolute Gasteiger partial charge is 0.320 e. The van der Waals surface area contributed by atoms with Crippen LogP contribution in [0.3, 0.4) is 0 Å². The van der Waals surface area contributed by atoms with Crippen LogP contribution in [-0.4, -0.2) is 34.6 Å². The Morgan fingerprint density at radius 2 is 1.93 bits per heavy atom.